The smallest absolute Gasteiger partial charge is 0.335 e. The minimum Gasteiger partial charge on any atom is -0.466 e. The van der Waals surface area contributed by atoms with Crippen LogP contribution < -0.4 is 5.32 Å². The van der Waals surface area contributed by atoms with Crippen LogP contribution in [0.5, 0.6) is 0 Å². The topological polar surface area (TPSA) is 90.3 Å². The highest BCUT2D eigenvalue weighted by atomic mass is 16.5. The largest absolute Gasteiger partial charge is 0.466 e. The van der Waals surface area contributed by atoms with Crippen LogP contribution in [0, 0.1) is 17.2 Å². The number of aliphatic imine (C=N–C) groups is 1. The second-order valence-electron chi connectivity index (χ2n) is 6.46. The van der Waals surface area contributed by atoms with Crippen LogP contribution in [0.1, 0.15) is 51.0 Å². The first-order chi connectivity index (χ1) is 12.1. The van der Waals surface area contributed by atoms with E-state index in [2.05, 4.69) is 28.1 Å². The van der Waals surface area contributed by atoms with Crippen molar-refractivity contribution in [1.29, 1.82) is 5.26 Å². The quantitative estimate of drug-likeness (QED) is 0.449. The maximum atomic E-state index is 12.1. The van der Waals surface area contributed by atoms with Gasteiger partial charge in [-0.15, -0.1) is 0 Å². The lowest BCUT2D eigenvalue weighted by molar-refractivity contribution is -0.135. The minimum atomic E-state index is -0.365. The first kappa shape index (κ1) is 18.8. The number of methoxy groups -OCH3 is 1. The normalized spacial score (nSPS) is 21.0. The number of esters is 1. The summed E-state index contributed by atoms with van der Waals surface area (Å²) < 4.78 is 4.90. The second kappa shape index (κ2) is 9.07. The third kappa shape index (κ3) is 4.72. The number of ether oxygens (including phenoxy) is 1. The summed E-state index contributed by atoms with van der Waals surface area (Å²) in [5.41, 5.74) is 2.07. The number of nitriles is 1. The third-order valence-corrected chi connectivity index (χ3v) is 4.81. The maximum Gasteiger partial charge on any atom is 0.335 e. The fraction of sp³-hybridized carbons (Fsp3) is 0.526. The molecule has 1 aromatic heterocycles. The number of rotatable bonds is 7. The lowest BCUT2D eigenvalue weighted by atomic mass is 9.83. The van der Waals surface area contributed by atoms with Crippen LogP contribution in [-0.2, 0) is 9.53 Å². The highest BCUT2D eigenvalue weighted by Gasteiger charge is 2.25. The van der Waals surface area contributed by atoms with Gasteiger partial charge in [0.05, 0.1) is 24.4 Å². The predicted octanol–water partition coefficient (Wildman–Crippen LogP) is 3.70. The SMILES string of the molecule is C=Nc1[nH]ccc1/C(N[C@H]1CCC[C@H](CCC#N)C1)=C(\C)C(=O)OC. The van der Waals surface area contributed by atoms with Gasteiger partial charge in [0.15, 0.2) is 0 Å². The summed E-state index contributed by atoms with van der Waals surface area (Å²) in [4.78, 5) is 19.1. The highest BCUT2D eigenvalue weighted by molar-refractivity contribution is 5.97. The van der Waals surface area contributed by atoms with E-state index in [-0.39, 0.29) is 12.0 Å². The molecule has 6 nitrogen and oxygen atoms in total. The lowest BCUT2D eigenvalue weighted by Crippen LogP contribution is -2.34. The molecular weight excluding hydrogens is 316 g/mol. The Morgan fingerprint density at radius 2 is 2.36 bits per heavy atom. The van der Waals surface area contributed by atoms with Gasteiger partial charge in [0.25, 0.3) is 0 Å². The molecule has 134 valence electrons. The molecule has 0 bridgehead atoms. The summed E-state index contributed by atoms with van der Waals surface area (Å²) in [5, 5.41) is 12.4. The van der Waals surface area contributed by atoms with Gasteiger partial charge in [0.2, 0.25) is 0 Å². The van der Waals surface area contributed by atoms with E-state index in [0.717, 1.165) is 36.9 Å². The van der Waals surface area contributed by atoms with Crippen molar-refractivity contribution in [3.63, 3.8) is 0 Å². The summed E-state index contributed by atoms with van der Waals surface area (Å²) in [6, 6.07) is 4.38. The lowest BCUT2D eigenvalue weighted by Gasteiger charge is -2.31. The van der Waals surface area contributed by atoms with Crippen molar-refractivity contribution in [2.24, 2.45) is 10.9 Å². The number of carbonyl (C=O) groups excluding carboxylic acids is 1. The number of hydrogen-bond acceptors (Lipinski definition) is 5. The van der Waals surface area contributed by atoms with Gasteiger partial charge >= 0.3 is 5.97 Å². The van der Waals surface area contributed by atoms with Gasteiger partial charge in [-0.3, -0.25) is 0 Å². The standard InChI is InChI=1S/C19H26N4O2/c1-13(19(24)25-3)17(16-9-11-22-18(16)21-2)23-15-8-4-6-14(12-15)7-5-10-20/h9,11,14-15,22-23H,2,4-8,12H2,1,3H3/b17-13-/t14-,15+/m1/s1. The van der Waals surface area contributed by atoms with Gasteiger partial charge in [-0.25, -0.2) is 9.79 Å². The van der Waals surface area contributed by atoms with E-state index < -0.39 is 0 Å². The van der Waals surface area contributed by atoms with Crippen LogP contribution in [0.4, 0.5) is 5.82 Å². The summed E-state index contributed by atoms with van der Waals surface area (Å²) in [6.45, 7) is 5.34. The molecule has 0 aliphatic heterocycles. The first-order valence-electron chi connectivity index (χ1n) is 8.67. The molecule has 1 aliphatic rings. The zero-order chi connectivity index (χ0) is 18.2. The molecule has 0 radical (unpaired) electrons. The maximum absolute atomic E-state index is 12.1. The molecule has 2 atom stereocenters. The second-order valence-corrected chi connectivity index (χ2v) is 6.46. The van der Waals surface area contributed by atoms with Crippen LogP contribution in [0.15, 0.2) is 22.8 Å². The van der Waals surface area contributed by atoms with E-state index in [0.29, 0.717) is 23.7 Å². The third-order valence-electron chi connectivity index (χ3n) is 4.81. The molecule has 1 aromatic rings. The molecule has 2 N–H and O–H groups in total. The predicted molar refractivity (Wildman–Crippen MR) is 98.3 cm³/mol. The van der Waals surface area contributed by atoms with E-state index in [1.54, 1.807) is 13.1 Å². The Labute approximate surface area is 149 Å². The van der Waals surface area contributed by atoms with Crippen molar-refractivity contribution in [1.82, 2.24) is 10.3 Å². The zero-order valence-corrected chi connectivity index (χ0v) is 15.0. The van der Waals surface area contributed by atoms with Crippen LogP contribution in [-0.4, -0.2) is 30.8 Å². The van der Waals surface area contributed by atoms with Crippen molar-refractivity contribution < 1.29 is 9.53 Å². The molecule has 1 heterocycles. The van der Waals surface area contributed by atoms with E-state index in [9.17, 15) is 4.79 Å². The Morgan fingerprint density at radius 1 is 1.56 bits per heavy atom. The van der Waals surface area contributed by atoms with Gasteiger partial charge in [-0.1, -0.05) is 12.8 Å². The van der Waals surface area contributed by atoms with E-state index in [4.69, 9.17) is 10.00 Å². The van der Waals surface area contributed by atoms with Crippen LogP contribution in [0.25, 0.3) is 5.70 Å². The minimum absolute atomic E-state index is 0.264. The van der Waals surface area contributed by atoms with Crippen molar-refractivity contribution in [3.05, 3.63) is 23.4 Å². The summed E-state index contributed by atoms with van der Waals surface area (Å²) in [6.07, 6.45) is 7.65. The number of carbonyl (C=O) groups is 1. The van der Waals surface area contributed by atoms with Crippen LogP contribution in [0.3, 0.4) is 0 Å². The monoisotopic (exact) mass is 342 g/mol. The Morgan fingerprint density at radius 3 is 3.04 bits per heavy atom. The van der Waals surface area contributed by atoms with Crippen molar-refractivity contribution in [2.45, 2.75) is 51.5 Å². The molecule has 1 saturated carbocycles. The Balaban J connectivity index is 2.24. The van der Waals surface area contributed by atoms with Gasteiger partial charge < -0.3 is 15.0 Å². The van der Waals surface area contributed by atoms with Gasteiger partial charge in [-0.2, -0.15) is 5.26 Å². The number of hydrogen-bond donors (Lipinski definition) is 2. The van der Waals surface area contributed by atoms with Crippen molar-refractivity contribution >= 4 is 24.2 Å². The summed E-state index contributed by atoms with van der Waals surface area (Å²) >= 11 is 0. The number of nitrogens with zero attached hydrogens (tertiary/aromatic N) is 2. The van der Waals surface area contributed by atoms with Gasteiger partial charge in [0, 0.05) is 24.2 Å². The zero-order valence-electron chi connectivity index (χ0n) is 15.0. The first-order valence-corrected chi connectivity index (χ1v) is 8.67. The number of aromatic amines is 1. The molecule has 2 rings (SSSR count). The Bertz CT molecular complexity index is 684. The Hall–Kier alpha value is -2.55. The van der Waals surface area contributed by atoms with E-state index >= 15 is 0 Å². The molecule has 1 fully saturated rings. The molecule has 1 aliphatic carbocycles. The van der Waals surface area contributed by atoms with Gasteiger partial charge in [0.1, 0.15) is 5.82 Å². The number of H-pyrrole nitrogens is 1. The highest BCUT2D eigenvalue weighted by Crippen LogP contribution is 2.32. The van der Waals surface area contributed by atoms with E-state index in [1.165, 1.54) is 13.5 Å². The molecular formula is C19H26N4O2. The molecule has 6 heteroatoms. The Kier molecular flexibility index (Phi) is 6.81. The molecule has 0 unspecified atom stereocenters. The summed E-state index contributed by atoms with van der Waals surface area (Å²) in [5.74, 6) is 0.812. The average molecular weight is 342 g/mol. The van der Waals surface area contributed by atoms with Gasteiger partial charge in [-0.05, 0) is 44.9 Å². The van der Waals surface area contributed by atoms with Crippen LogP contribution in [0.2, 0.25) is 0 Å². The van der Waals surface area contributed by atoms with Crippen LogP contribution >= 0.6 is 0 Å². The fourth-order valence-corrected chi connectivity index (χ4v) is 3.49. The number of aromatic nitrogens is 1. The molecule has 0 spiro atoms. The average Bonchev–Trinajstić information content (AvgIpc) is 3.12. The van der Waals surface area contributed by atoms with E-state index in [1.807, 2.05) is 6.07 Å². The van der Waals surface area contributed by atoms with Crippen molar-refractivity contribution in [2.75, 3.05) is 7.11 Å². The molecule has 0 amide bonds. The molecule has 25 heavy (non-hydrogen) atoms. The number of nitrogens with one attached hydrogen (secondary N) is 2. The fourth-order valence-electron chi connectivity index (χ4n) is 3.49. The summed E-state index contributed by atoms with van der Waals surface area (Å²) in [7, 11) is 1.38. The molecule has 0 aromatic carbocycles. The van der Waals surface area contributed by atoms with Crippen molar-refractivity contribution in [3.8, 4) is 6.07 Å². The molecule has 0 saturated heterocycles.